The first-order valence-electron chi connectivity index (χ1n) is 3.78. The highest BCUT2D eigenvalue weighted by atomic mass is 16.3. The zero-order valence-electron chi connectivity index (χ0n) is 5.51. The molecule has 1 heterocycles. The molecule has 0 aromatic heterocycles. The second-order valence-corrected chi connectivity index (χ2v) is 3.24. The predicted molar refractivity (Wildman–Crippen MR) is 35.1 cm³/mol. The molecular formula is C7H13NO. The van der Waals surface area contributed by atoms with Gasteiger partial charge in [-0.1, -0.05) is 0 Å². The van der Waals surface area contributed by atoms with E-state index in [1.807, 2.05) is 0 Å². The fourth-order valence-corrected chi connectivity index (χ4v) is 1.60. The molecule has 0 bridgehead atoms. The van der Waals surface area contributed by atoms with Gasteiger partial charge in [0.15, 0.2) is 0 Å². The Balaban J connectivity index is 1.86. The third kappa shape index (κ3) is 1.10. The normalized spacial score (nSPS) is 43.7. The lowest BCUT2D eigenvalue weighted by Crippen LogP contribution is -2.23. The van der Waals surface area contributed by atoms with Crippen LogP contribution in [0, 0.1) is 5.92 Å². The Hall–Kier alpha value is -0.0800. The molecule has 0 amide bonds. The van der Waals surface area contributed by atoms with Gasteiger partial charge in [0.25, 0.3) is 0 Å². The molecule has 2 rings (SSSR count). The molecule has 1 aliphatic carbocycles. The quantitative estimate of drug-likeness (QED) is 0.524. The molecule has 0 spiro atoms. The molecule has 2 aliphatic rings. The molecule has 2 N–H and O–H groups in total. The zero-order valence-corrected chi connectivity index (χ0v) is 5.51. The van der Waals surface area contributed by atoms with Crippen molar-refractivity contribution in [3.63, 3.8) is 0 Å². The Morgan fingerprint density at radius 3 is 2.56 bits per heavy atom. The maximum atomic E-state index is 9.11. The maximum Gasteiger partial charge on any atom is 0.0679 e. The Morgan fingerprint density at radius 1 is 1.33 bits per heavy atom. The predicted octanol–water partition coefficient (Wildman–Crippen LogP) is 0.119. The topological polar surface area (TPSA) is 32.3 Å². The van der Waals surface area contributed by atoms with Gasteiger partial charge in [-0.2, -0.15) is 0 Å². The Labute approximate surface area is 55.3 Å². The van der Waals surface area contributed by atoms with Gasteiger partial charge >= 0.3 is 0 Å². The number of hydrogen-bond donors (Lipinski definition) is 2. The second-order valence-electron chi connectivity index (χ2n) is 3.24. The monoisotopic (exact) mass is 127 g/mol. The summed E-state index contributed by atoms with van der Waals surface area (Å²) in [5.41, 5.74) is 0. The van der Waals surface area contributed by atoms with Crippen molar-refractivity contribution in [1.82, 2.24) is 5.32 Å². The van der Waals surface area contributed by atoms with Crippen LogP contribution < -0.4 is 5.32 Å². The molecule has 1 saturated heterocycles. The average molecular weight is 127 g/mol. The van der Waals surface area contributed by atoms with Crippen LogP contribution in [0.15, 0.2) is 0 Å². The van der Waals surface area contributed by atoms with E-state index in [0.29, 0.717) is 6.04 Å². The summed E-state index contributed by atoms with van der Waals surface area (Å²) >= 11 is 0. The number of hydrogen-bond acceptors (Lipinski definition) is 2. The van der Waals surface area contributed by atoms with Gasteiger partial charge < -0.3 is 10.4 Å². The molecule has 0 aromatic rings. The van der Waals surface area contributed by atoms with Gasteiger partial charge in [-0.3, -0.25) is 0 Å². The van der Waals surface area contributed by atoms with Gasteiger partial charge in [0.1, 0.15) is 0 Å². The summed E-state index contributed by atoms with van der Waals surface area (Å²) in [4.78, 5) is 0. The first-order chi connectivity index (χ1) is 4.36. The molecular weight excluding hydrogens is 114 g/mol. The van der Waals surface area contributed by atoms with Crippen LogP contribution >= 0.6 is 0 Å². The van der Waals surface area contributed by atoms with E-state index < -0.39 is 0 Å². The van der Waals surface area contributed by atoms with Crippen LogP contribution in [0.4, 0.5) is 0 Å². The molecule has 0 radical (unpaired) electrons. The van der Waals surface area contributed by atoms with Gasteiger partial charge in [0.2, 0.25) is 0 Å². The highest BCUT2D eigenvalue weighted by Crippen LogP contribution is 2.35. The van der Waals surface area contributed by atoms with E-state index in [0.717, 1.165) is 18.9 Å². The molecule has 2 fully saturated rings. The number of nitrogens with one attached hydrogen (secondary N) is 1. The summed E-state index contributed by atoms with van der Waals surface area (Å²) in [5, 5.41) is 12.4. The average Bonchev–Trinajstić information content (AvgIpc) is 2.58. The SMILES string of the molecule is O[C@@H]1CN[C@H](C2CC2)C1. The smallest absolute Gasteiger partial charge is 0.0679 e. The minimum absolute atomic E-state index is 0.0596. The van der Waals surface area contributed by atoms with Crippen LogP contribution in [0.1, 0.15) is 19.3 Å². The minimum Gasteiger partial charge on any atom is -0.392 e. The largest absolute Gasteiger partial charge is 0.392 e. The van der Waals surface area contributed by atoms with Crippen molar-refractivity contribution in [2.24, 2.45) is 5.92 Å². The van der Waals surface area contributed by atoms with Gasteiger partial charge in [0.05, 0.1) is 6.10 Å². The van der Waals surface area contributed by atoms with Crippen LogP contribution in [0.25, 0.3) is 0 Å². The molecule has 9 heavy (non-hydrogen) atoms. The van der Waals surface area contributed by atoms with E-state index in [1.54, 1.807) is 0 Å². The lowest BCUT2D eigenvalue weighted by atomic mass is 10.1. The Kier molecular flexibility index (Phi) is 1.24. The summed E-state index contributed by atoms with van der Waals surface area (Å²) in [5.74, 6) is 0.905. The van der Waals surface area contributed by atoms with Crippen LogP contribution in [0.5, 0.6) is 0 Å². The molecule has 2 atom stereocenters. The fraction of sp³-hybridized carbons (Fsp3) is 1.00. The second kappa shape index (κ2) is 1.96. The van der Waals surface area contributed by atoms with Crippen molar-refractivity contribution in [1.29, 1.82) is 0 Å². The van der Waals surface area contributed by atoms with Crippen molar-refractivity contribution in [3.8, 4) is 0 Å². The van der Waals surface area contributed by atoms with Crippen LogP contribution in [-0.2, 0) is 0 Å². The number of aliphatic hydroxyl groups is 1. The Bertz CT molecular complexity index is 111. The maximum absolute atomic E-state index is 9.11. The first kappa shape index (κ1) is 5.69. The van der Waals surface area contributed by atoms with Crippen molar-refractivity contribution < 1.29 is 5.11 Å². The van der Waals surface area contributed by atoms with Gasteiger partial charge in [-0.25, -0.2) is 0 Å². The fourth-order valence-electron chi connectivity index (χ4n) is 1.60. The number of aliphatic hydroxyl groups excluding tert-OH is 1. The lowest BCUT2D eigenvalue weighted by Gasteiger charge is -2.05. The summed E-state index contributed by atoms with van der Waals surface area (Å²) in [6.07, 6.45) is 3.69. The Morgan fingerprint density at radius 2 is 2.11 bits per heavy atom. The van der Waals surface area contributed by atoms with Crippen molar-refractivity contribution >= 4 is 0 Å². The lowest BCUT2D eigenvalue weighted by molar-refractivity contribution is 0.192. The summed E-state index contributed by atoms with van der Waals surface area (Å²) < 4.78 is 0. The van der Waals surface area contributed by atoms with Crippen molar-refractivity contribution in [3.05, 3.63) is 0 Å². The molecule has 52 valence electrons. The molecule has 1 aliphatic heterocycles. The minimum atomic E-state index is -0.0596. The summed E-state index contributed by atoms with van der Waals surface area (Å²) in [6.45, 7) is 0.821. The molecule has 2 nitrogen and oxygen atoms in total. The van der Waals surface area contributed by atoms with Crippen LogP contribution in [-0.4, -0.2) is 23.8 Å². The standard InChI is InChI=1S/C7H13NO/c9-6-3-7(8-4-6)5-1-2-5/h5-9H,1-4H2/t6-,7-/m0/s1. The summed E-state index contributed by atoms with van der Waals surface area (Å²) in [7, 11) is 0. The third-order valence-corrected chi connectivity index (χ3v) is 2.33. The summed E-state index contributed by atoms with van der Waals surface area (Å²) in [6, 6.07) is 0.653. The molecule has 2 heteroatoms. The van der Waals surface area contributed by atoms with Crippen molar-refractivity contribution in [2.45, 2.75) is 31.4 Å². The first-order valence-corrected chi connectivity index (χ1v) is 3.78. The van der Waals surface area contributed by atoms with Crippen molar-refractivity contribution in [2.75, 3.05) is 6.54 Å². The number of rotatable bonds is 1. The van der Waals surface area contributed by atoms with Crippen LogP contribution in [0.2, 0.25) is 0 Å². The van der Waals surface area contributed by atoms with Gasteiger partial charge in [0, 0.05) is 12.6 Å². The van der Waals surface area contributed by atoms with E-state index in [2.05, 4.69) is 5.32 Å². The molecule has 0 unspecified atom stereocenters. The van der Waals surface area contributed by atoms with Gasteiger partial charge in [-0.15, -0.1) is 0 Å². The highest BCUT2D eigenvalue weighted by Gasteiger charge is 2.35. The van der Waals surface area contributed by atoms with Gasteiger partial charge in [-0.05, 0) is 25.2 Å². The molecule has 1 saturated carbocycles. The van der Waals surface area contributed by atoms with E-state index in [9.17, 15) is 0 Å². The van der Waals surface area contributed by atoms with E-state index in [-0.39, 0.29) is 6.10 Å². The number of β-amino-alcohol motifs (C(OH)–C–C–N with tert-alkyl or cyclic N) is 1. The third-order valence-electron chi connectivity index (χ3n) is 2.33. The van der Waals surface area contributed by atoms with E-state index in [1.165, 1.54) is 12.8 Å². The van der Waals surface area contributed by atoms with E-state index >= 15 is 0 Å². The highest BCUT2D eigenvalue weighted by molar-refractivity contribution is 4.92. The zero-order chi connectivity index (χ0) is 6.27. The van der Waals surface area contributed by atoms with Crippen LogP contribution in [0.3, 0.4) is 0 Å². The molecule has 0 aromatic carbocycles. The van der Waals surface area contributed by atoms with E-state index in [4.69, 9.17) is 5.11 Å².